The molecule has 0 aromatic heterocycles. The van der Waals surface area contributed by atoms with Crippen molar-refractivity contribution in [2.45, 2.75) is 25.2 Å². The molecule has 0 saturated carbocycles. The fourth-order valence-electron chi connectivity index (χ4n) is 2.96. The van der Waals surface area contributed by atoms with Crippen molar-refractivity contribution in [3.8, 4) is 0 Å². The summed E-state index contributed by atoms with van der Waals surface area (Å²) in [5.41, 5.74) is 1.13. The van der Waals surface area contributed by atoms with E-state index in [0.29, 0.717) is 19.0 Å². The van der Waals surface area contributed by atoms with E-state index in [0.717, 1.165) is 24.8 Å². The van der Waals surface area contributed by atoms with Crippen LogP contribution in [-0.4, -0.2) is 43.8 Å². The molecule has 0 amide bonds. The third kappa shape index (κ3) is 4.04. The highest BCUT2D eigenvalue weighted by Crippen LogP contribution is 2.29. The second-order valence-corrected chi connectivity index (χ2v) is 7.64. The third-order valence-corrected chi connectivity index (χ3v) is 5.33. The largest absolute Gasteiger partial charge is 0.396 e. The van der Waals surface area contributed by atoms with Gasteiger partial charge in [0.2, 0.25) is 10.0 Å². The minimum Gasteiger partial charge on any atom is -0.396 e. The van der Waals surface area contributed by atoms with Crippen LogP contribution in [0.2, 0.25) is 0 Å². The Labute approximate surface area is 121 Å². The van der Waals surface area contributed by atoms with Gasteiger partial charge in [-0.05, 0) is 30.7 Å². The summed E-state index contributed by atoms with van der Waals surface area (Å²) in [6.45, 7) is 1.33. The van der Waals surface area contributed by atoms with Gasteiger partial charge < -0.3 is 5.11 Å². The predicted octanol–water partition coefficient (Wildman–Crippen LogP) is 1.82. The van der Waals surface area contributed by atoms with Crippen molar-refractivity contribution in [3.63, 3.8) is 0 Å². The van der Waals surface area contributed by atoms with E-state index in [1.165, 1.54) is 6.26 Å². The molecule has 5 heteroatoms. The van der Waals surface area contributed by atoms with Crippen molar-refractivity contribution in [3.05, 3.63) is 35.9 Å². The van der Waals surface area contributed by atoms with E-state index in [1.807, 2.05) is 30.3 Å². The molecule has 0 aliphatic carbocycles. The Morgan fingerprint density at radius 2 is 2.05 bits per heavy atom. The van der Waals surface area contributed by atoms with Crippen molar-refractivity contribution in [2.75, 3.05) is 26.0 Å². The lowest BCUT2D eigenvalue weighted by Crippen LogP contribution is -2.39. The van der Waals surface area contributed by atoms with Crippen molar-refractivity contribution in [1.82, 2.24) is 4.31 Å². The molecule has 1 aliphatic rings. The number of aliphatic hydroxyl groups is 1. The fraction of sp³-hybridized carbons (Fsp3) is 0.600. The molecule has 1 heterocycles. The van der Waals surface area contributed by atoms with E-state index in [-0.39, 0.29) is 12.5 Å². The normalized spacial score (nSPS) is 22.6. The molecule has 112 valence electrons. The van der Waals surface area contributed by atoms with Gasteiger partial charge in [0, 0.05) is 25.6 Å². The molecule has 1 saturated heterocycles. The zero-order chi connectivity index (χ0) is 14.6. The molecule has 4 nitrogen and oxygen atoms in total. The first-order chi connectivity index (χ1) is 9.50. The molecule has 20 heavy (non-hydrogen) atoms. The van der Waals surface area contributed by atoms with Gasteiger partial charge in [-0.2, -0.15) is 0 Å². The van der Waals surface area contributed by atoms with Gasteiger partial charge >= 0.3 is 0 Å². The summed E-state index contributed by atoms with van der Waals surface area (Å²) in [4.78, 5) is 0. The van der Waals surface area contributed by atoms with Crippen molar-refractivity contribution in [1.29, 1.82) is 0 Å². The molecule has 1 aromatic rings. The molecule has 2 atom stereocenters. The first kappa shape index (κ1) is 15.5. The number of hydrogen-bond donors (Lipinski definition) is 1. The van der Waals surface area contributed by atoms with Crippen LogP contribution in [0, 0.1) is 5.92 Å². The Morgan fingerprint density at radius 3 is 2.65 bits per heavy atom. The maximum Gasteiger partial charge on any atom is 0.211 e. The fourth-order valence-corrected chi connectivity index (χ4v) is 3.91. The van der Waals surface area contributed by atoms with Crippen LogP contribution in [0.4, 0.5) is 0 Å². The third-order valence-electron chi connectivity index (χ3n) is 4.06. The molecule has 1 aliphatic heterocycles. The lowest BCUT2D eigenvalue weighted by molar-refractivity contribution is 0.206. The highest BCUT2D eigenvalue weighted by atomic mass is 32.2. The van der Waals surface area contributed by atoms with Gasteiger partial charge in [-0.3, -0.25) is 0 Å². The van der Waals surface area contributed by atoms with Gasteiger partial charge in [-0.25, -0.2) is 12.7 Å². The van der Waals surface area contributed by atoms with E-state index in [2.05, 4.69) is 0 Å². The molecule has 1 N–H and O–H groups in total. The van der Waals surface area contributed by atoms with Gasteiger partial charge in [0.1, 0.15) is 0 Å². The summed E-state index contributed by atoms with van der Waals surface area (Å²) in [6, 6.07) is 9.96. The summed E-state index contributed by atoms with van der Waals surface area (Å²) in [5, 5.41) is 9.60. The van der Waals surface area contributed by atoms with Gasteiger partial charge in [-0.1, -0.05) is 30.3 Å². The highest BCUT2D eigenvalue weighted by molar-refractivity contribution is 7.88. The predicted molar refractivity (Wildman–Crippen MR) is 80.0 cm³/mol. The number of nitrogens with zero attached hydrogens (tertiary/aromatic N) is 1. The monoisotopic (exact) mass is 297 g/mol. The maximum absolute atomic E-state index is 11.6. The average Bonchev–Trinajstić information content (AvgIpc) is 2.45. The Balaban J connectivity index is 2.01. The molecule has 0 spiro atoms. The van der Waals surface area contributed by atoms with E-state index in [9.17, 15) is 13.5 Å². The van der Waals surface area contributed by atoms with Gasteiger partial charge in [0.25, 0.3) is 0 Å². The Kier molecular flexibility index (Phi) is 5.18. The first-order valence-electron chi connectivity index (χ1n) is 7.11. The van der Waals surface area contributed by atoms with Crippen LogP contribution >= 0.6 is 0 Å². The number of rotatable bonds is 5. The van der Waals surface area contributed by atoms with Crippen molar-refractivity contribution >= 4 is 10.0 Å². The smallest absolute Gasteiger partial charge is 0.211 e. The van der Waals surface area contributed by atoms with E-state index in [4.69, 9.17) is 0 Å². The topological polar surface area (TPSA) is 57.6 Å². The van der Waals surface area contributed by atoms with Gasteiger partial charge in [0.05, 0.1) is 6.26 Å². The molecule has 1 aromatic carbocycles. The minimum atomic E-state index is -3.10. The van der Waals surface area contributed by atoms with Crippen LogP contribution in [-0.2, 0) is 10.0 Å². The summed E-state index contributed by atoms with van der Waals surface area (Å²) in [7, 11) is -3.10. The first-order valence-corrected chi connectivity index (χ1v) is 8.96. The number of aliphatic hydroxyl groups excluding tert-OH is 1. The van der Waals surface area contributed by atoms with Crippen LogP contribution in [0.15, 0.2) is 30.3 Å². The Hall–Kier alpha value is -0.910. The van der Waals surface area contributed by atoms with Crippen LogP contribution in [0.5, 0.6) is 0 Å². The summed E-state index contributed by atoms with van der Waals surface area (Å²) >= 11 is 0. The lowest BCUT2D eigenvalue weighted by atomic mass is 9.85. The molecule has 2 unspecified atom stereocenters. The van der Waals surface area contributed by atoms with E-state index < -0.39 is 10.0 Å². The molecular weight excluding hydrogens is 274 g/mol. The van der Waals surface area contributed by atoms with Gasteiger partial charge in [0.15, 0.2) is 0 Å². The van der Waals surface area contributed by atoms with Crippen molar-refractivity contribution in [2.24, 2.45) is 5.92 Å². The zero-order valence-corrected chi connectivity index (χ0v) is 12.7. The number of piperidine rings is 1. The lowest BCUT2D eigenvalue weighted by Gasteiger charge is -2.32. The van der Waals surface area contributed by atoms with E-state index >= 15 is 0 Å². The number of benzene rings is 1. The molecule has 2 rings (SSSR count). The Bertz CT molecular complexity index is 515. The van der Waals surface area contributed by atoms with E-state index in [1.54, 1.807) is 4.31 Å². The van der Waals surface area contributed by atoms with Crippen LogP contribution in [0.3, 0.4) is 0 Å². The van der Waals surface area contributed by atoms with Crippen LogP contribution < -0.4 is 0 Å². The molecular formula is C15H23NO3S. The highest BCUT2D eigenvalue weighted by Gasteiger charge is 2.27. The SMILES string of the molecule is CS(=O)(=O)N1CCCC(CC(CO)c2ccccc2)C1. The van der Waals surface area contributed by atoms with Crippen LogP contribution in [0.25, 0.3) is 0 Å². The summed E-state index contributed by atoms with van der Waals surface area (Å²) in [6.07, 6.45) is 4.06. The average molecular weight is 297 g/mol. The number of sulfonamides is 1. The second kappa shape index (κ2) is 6.70. The summed E-state index contributed by atoms with van der Waals surface area (Å²) in [5.74, 6) is 0.427. The summed E-state index contributed by atoms with van der Waals surface area (Å²) < 4.78 is 24.8. The van der Waals surface area contributed by atoms with Gasteiger partial charge in [-0.15, -0.1) is 0 Å². The second-order valence-electron chi connectivity index (χ2n) is 5.66. The molecule has 1 fully saturated rings. The van der Waals surface area contributed by atoms with Crippen LogP contribution in [0.1, 0.15) is 30.7 Å². The standard InChI is InChI=1S/C15H23NO3S/c1-20(18,19)16-9-5-6-13(11-16)10-15(12-17)14-7-3-2-4-8-14/h2-4,7-8,13,15,17H,5-6,9-12H2,1H3. The Morgan fingerprint density at radius 1 is 1.35 bits per heavy atom. The zero-order valence-electron chi connectivity index (χ0n) is 11.9. The minimum absolute atomic E-state index is 0.0979. The molecule has 0 radical (unpaired) electrons. The van der Waals surface area contributed by atoms with Crippen molar-refractivity contribution < 1.29 is 13.5 Å². The maximum atomic E-state index is 11.6. The number of hydrogen-bond acceptors (Lipinski definition) is 3. The quantitative estimate of drug-likeness (QED) is 0.902. The molecule has 0 bridgehead atoms.